The first kappa shape index (κ1) is 13.4. The molecule has 2 saturated carbocycles. The molecule has 0 bridgehead atoms. The lowest BCUT2D eigenvalue weighted by atomic mass is 9.84. The van der Waals surface area contributed by atoms with Crippen molar-refractivity contribution in [1.82, 2.24) is 4.90 Å². The highest BCUT2D eigenvalue weighted by Crippen LogP contribution is 2.32. The summed E-state index contributed by atoms with van der Waals surface area (Å²) in [7, 11) is 1.85. The maximum atomic E-state index is 5.41. The van der Waals surface area contributed by atoms with Crippen LogP contribution in [0.15, 0.2) is 0 Å². The molecule has 0 spiro atoms. The van der Waals surface area contributed by atoms with Crippen LogP contribution in [-0.2, 0) is 4.74 Å². The molecule has 2 fully saturated rings. The summed E-state index contributed by atoms with van der Waals surface area (Å²) < 4.78 is 5.41. The van der Waals surface area contributed by atoms with Crippen molar-refractivity contribution in [3.05, 3.63) is 0 Å². The van der Waals surface area contributed by atoms with E-state index in [0.29, 0.717) is 12.1 Å². The van der Waals surface area contributed by atoms with Crippen molar-refractivity contribution < 1.29 is 4.74 Å². The molecule has 17 heavy (non-hydrogen) atoms. The summed E-state index contributed by atoms with van der Waals surface area (Å²) in [4.78, 5) is 2.74. The maximum absolute atomic E-state index is 5.41. The zero-order valence-electron chi connectivity index (χ0n) is 11.8. The number of hydrogen-bond acceptors (Lipinski definition) is 2. The number of rotatable bonds is 5. The molecule has 0 unspecified atom stereocenters. The van der Waals surface area contributed by atoms with Crippen molar-refractivity contribution in [1.29, 1.82) is 0 Å². The maximum Gasteiger partial charge on any atom is 0.0601 e. The van der Waals surface area contributed by atoms with Crippen LogP contribution in [-0.4, -0.2) is 36.7 Å². The van der Waals surface area contributed by atoms with Crippen LogP contribution in [0.25, 0.3) is 0 Å². The van der Waals surface area contributed by atoms with E-state index in [4.69, 9.17) is 4.74 Å². The predicted molar refractivity (Wildman–Crippen MR) is 72.2 cm³/mol. The third-order valence-corrected chi connectivity index (χ3v) is 4.73. The molecule has 0 radical (unpaired) electrons. The fourth-order valence-electron chi connectivity index (χ4n) is 3.45. The Morgan fingerprint density at radius 2 is 1.76 bits per heavy atom. The van der Waals surface area contributed by atoms with Gasteiger partial charge in [-0.05, 0) is 45.4 Å². The third kappa shape index (κ3) is 3.45. The number of nitrogens with zero attached hydrogens (tertiary/aromatic N) is 1. The van der Waals surface area contributed by atoms with Crippen LogP contribution in [0.4, 0.5) is 0 Å². The Balaban J connectivity index is 1.80. The van der Waals surface area contributed by atoms with Gasteiger partial charge in [0.1, 0.15) is 0 Å². The Morgan fingerprint density at radius 1 is 1.12 bits per heavy atom. The van der Waals surface area contributed by atoms with E-state index in [1.165, 1.54) is 51.5 Å². The molecular weight excluding hydrogens is 210 g/mol. The summed E-state index contributed by atoms with van der Waals surface area (Å²) in [5.41, 5.74) is 0. The standard InChI is InChI=1S/C15H29NO/c1-12(2)16(14-9-15(10-14)17-3)11-13-7-5-4-6-8-13/h12-15H,4-11H2,1-3H3. The zero-order chi connectivity index (χ0) is 12.3. The molecule has 2 nitrogen and oxygen atoms in total. The Labute approximate surface area is 107 Å². The lowest BCUT2D eigenvalue weighted by Gasteiger charge is -2.46. The predicted octanol–water partition coefficient (Wildman–Crippen LogP) is 3.45. The molecule has 0 aromatic rings. The largest absolute Gasteiger partial charge is 0.381 e. The Kier molecular flexibility index (Phi) is 4.87. The first-order valence-corrected chi connectivity index (χ1v) is 7.49. The number of ether oxygens (including phenoxy) is 1. The van der Waals surface area contributed by atoms with E-state index in [1.807, 2.05) is 7.11 Å². The van der Waals surface area contributed by atoms with Crippen LogP contribution < -0.4 is 0 Å². The van der Waals surface area contributed by atoms with Crippen LogP contribution >= 0.6 is 0 Å². The highest BCUT2D eigenvalue weighted by Gasteiger charge is 2.35. The van der Waals surface area contributed by atoms with Gasteiger partial charge in [-0.25, -0.2) is 0 Å². The molecule has 2 heteroatoms. The number of methoxy groups -OCH3 is 1. The van der Waals surface area contributed by atoms with Gasteiger partial charge in [0.05, 0.1) is 6.10 Å². The molecule has 0 atom stereocenters. The lowest BCUT2D eigenvalue weighted by Crippen LogP contribution is -2.52. The molecular formula is C15H29NO. The Morgan fingerprint density at radius 3 is 2.29 bits per heavy atom. The lowest BCUT2D eigenvalue weighted by molar-refractivity contribution is -0.0428. The van der Waals surface area contributed by atoms with E-state index in [2.05, 4.69) is 18.7 Å². The summed E-state index contributed by atoms with van der Waals surface area (Å²) in [5.74, 6) is 0.966. The van der Waals surface area contributed by atoms with Crippen LogP contribution in [0.3, 0.4) is 0 Å². The molecule has 100 valence electrons. The molecule has 0 N–H and O–H groups in total. The molecule has 2 rings (SSSR count). The molecule has 2 aliphatic rings. The zero-order valence-corrected chi connectivity index (χ0v) is 11.8. The first-order chi connectivity index (χ1) is 8.20. The molecule has 0 aliphatic heterocycles. The van der Waals surface area contributed by atoms with Crippen molar-refractivity contribution >= 4 is 0 Å². The second-order valence-corrected chi connectivity index (χ2v) is 6.28. The molecule has 0 heterocycles. The summed E-state index contributed by atoms with van der Waals surface area (Å²) in [6.45, 7) is 6.03. The summed E-state index contributed by atoms with van der Waals surface area (Å²) >= 11 is 0. The normalized spacial score (nSPS) is 30.9. The van der Waals surface area contributed by atoms with Gasteiger partial charge in [-0.3, -0.25) is 4.90 Å². The SMILES string of the molecule is COC1CC(N(CC2CCCCC2)C(C)C)C1. The average molecular weight is 239 g/mol. The van der Waals surface area contributed by atoms with Crippen LogP contribution in [0.2, 0.25) is 0 Å². The highest BCUT2D eigenvalue weighted by atomic mass is 16.5. The minimum Gasteiger partial charge on any atom is -0.381 e. The Hall–Kier alpha value is -0.0800. The second-order valence-electron chi connectivity index (χ2n) is 6.28. The third-order valence-electron chi connectivity index (χ3n) is 4.73. The smallest absolute Gasteiger partial charge is 0.0601 e. The molecule has 2 aliphatic carbocycles. The molecule has 0 saturated heterocycles. The van der Waals surface area contributed by atoms with E-state index >= 15 is 0 Å². The fraction of sp³-hybridized carbons (Fsp3) is 1.00. The summed E-state index contributed by atoms with van der Waals surface area (Å²) in [6, 6.07) is 1.49. The summed E-state index contributed by atoms with van der Waals surface area (Å²) in [6.07, 6.45) is 10.3. The van der Waals surface area contributed by atoms with Gasteiger partial charge in [-0.1, -0.05) is 19.3 Å². The van der Waals surface area contributed by atoms with E-state index in [-0.39, 0.29) is 0 Å². The highest BCUT2D eigenvalue weighted by molar-refractivity contribution is 4.90. The molecule has 0 aromatic heterocycles. The Bertz CT molecular complexity index is 217. The first-order valence-electron chi connectivity index (χ1n) is 7.49. The van der Waals surface area contributed by atoms with Gasteiger partial charge in [0.2, 0.25) is 0 Å². The van der Waals surface area contributed by atoms with Gasteiger partial charge in [0.25, 0.3) is 0 Å². The minimum atomic E-state index is 0.535. The van der Waals surface area contributed by atoms with Crippen molar-refractivity contribution in [3.8, 4) is 0 Å². The quantitative estimate of drug-likeness (QED) is 0.728. The van der Waals surface area contributed by atoms with Crippen LogP contribution in [0, 0.1) is 5.92 Å². The van der Waals surface area contributed by atoms with Crippen LogP contribution in [0.1, 0.15) is 58.8 Å². The van der Waals surface area contributed by atoms with Gasteiger partial charge < -0.3 is 4.74 Å². The molecule has 0 amide bonds. The second kappa shape index (κ2) is 6.19. The minimum absolute atomic E-state index is 0.535. The monoisotopic (exact) mass is 239 g/mol. The van der Waals surface area contributed by atoms with E-state index in [0.717, 1.165) is 12.0 Å². The van der Waals surface area contributed by atoms with Gasteiger partial charge in [-0.15, -0.1) is 0 Å². The van der Waals surface area contributed by atoms with Gasteiger partial charge in [0, 0.05) is 25.7 Å². The fourth-order valence-corrected chi connectivity index (χ4v) is 3.45. The van der Waals surface area contributed by atoms with Crippen molar-refractivity contribution in [2.24, 2.45) is 5.92 Å². The van der Waals surface area contributed by atoms with E-state index in [9.17, 15) is 0 Å². The molecule has 0 aromatic carbocycles. The van der Waals surface area contributed by atoms with Gasteiger partial charge in [0.15, 0.2) is 0 Å². The summed E-state index contributed by atoms with van der Waals surface area (Å²) in [5, 5.41) is 0. The average Bonchev–Trinajstić information content (AvgIpc) is 2.27. The van der Waals surface area contributed by atoms with Gasteiger partial charge >= 0.3 is 0 Å². The van der Waals surface area contributed by atoms with E-state index in [1.54, 1.807) is 0 Å². The topological polar surface area (TPSA) is 12.5 Å². The van der Waals surface area contributed by atoms with Crippen molar-refractivity contribution in [2.45, 2.75) is 77.0 Å². The van der Waals surface area contributed by atoms with Crippen molar-refractivity contribution in [3.63, 3.8) is 0 Å². The van der Waals surface area contributed by atoms with Gasteiger partial charge in [-0.2, -0.15) is 0 Å². The van der Waals surface area contributed by atoms with Crippen LogP contribution in [0.5, 0.6) is 0 Å². The van der Waals surface area contributed by atoms with E-state index < -0.39 is 0 Å². The number of hydrogen-bond donors (Lipinski definition) is 0. The van der Waals surface area contributed by atoms with Crippen molar-refractivity contribution in [2.75, 3.05) is 13.7 Å².